The van der Waals surface area contributed by atoms with Crippen molar-refractivity contribution in [2.45, 2.75) is 13.3 Å². The van der Waals surface area contributed by atoms with E-state index in [1.54, 1.807) is 6.07 Å². The van der Waals surface area contributed by atoms with Gasteiger partial charge in [0.1, 0.15) is 11.5 Å². The van der Waals surface area contributed by atoms with E-state index in [1.165, 1.54) is 19.1 Å². The zero-order chi connectivity index (χ0) is 15.4. The number of hydrazine groups is 1. The molecule has 21 heavy (non-hydrogen) atoms. The number of Topliss-reactive ketones (excluding diaryl/α,β-unsaturated/α-hetero) is 1. The lowest BCUT2D eigenvalue weighted by Crippen LogP contribution is -2.42. The van der Waals surface area contributed by atoms with Crippen LogP contribution in [-0.2, 0) is 9.59 Å². The zero-order valence-electron chi connectivity index (χ0n) is 11.3. The fraction of sp³-hybridized carbons (Fsp3) is 0.133. The Kier molecular flexibility index (Phi) is 4.18. The van der Waals surface area contributed by atoms with Crippen LogP contribution in [0.2, 0.25) is 0 Å². The van der Waals surface area contributed by atoms with Crippen molar-refractivity contribution in [3.63, 3.8) is 0 Å². The topological polar surface area (TPSA) is 95.5 Å². The summed E-state index contributed by atoms with van der Waals surface area (Å²) < 4.78 is 0. The third kappa shape index (κ3) is 3.56. The number of benzene rings is 2. The van der Waals surface area contributed by atoms with Crippen LogP contribution in [0.1, 0.15) is 23.7 Å². The van der Waals surface area contributed by atoms with Gasteiger partial charge in [-0.1, -0.05) is 24.3 Å². The monoisotopic (exact) mass is 286 g/mol. The summed E-state index contributed by atoms with van der Waals surface area (Å²) in [4.78, 5) is 34.0. The molecule has 0 radical (unpaired) electrons. The number of nitrogens with one attached hydrogen (secondary N) is 2. The Morgan fingerprint density at radius 1 is 1.05 bits per heavy atom. The minimum atomic E-state index is -0.657. The van der Waals surface area contributed by atoms with Crippen LogP contribution < -0.4 is 10.9 Å². The Balaban J connectivity index is 2.14. The molecule has 6 heteroatoms. The minimum Gasteiger partial charge on any atom is -0.507 e. The Labute approximate surface area is 120 Å². The average Bonchev–Trinajstić information content (AvgIpc) is 2.43. The van der Waals surface area contributed by atoms with E-state index in [-0.39, 0.29) is 23.5 Å². The van der Waals surface area contributed by atoms with Crippen LogP contribution in [0.5, 0.6) is 5.75 Å². The number of phenols is 1. The number of hydrogen-bond donors (Lipinski definition) is 3. The van der Waals surface area contributed by atoms with Crippen LogP contribution in [0.15, 0.2) is 36.4 Å². The normalized spacial score (nSPS) is 10.1. The SMILES string of the molecule is CC(=O)CC(=O)NNC(=O)c1cc2ccccc2cc1O. The lowest BCUT2D eigenvalue weighted by molar-refractivity contribution is -0.127. The Morgan fingerprint density at radius 2 is 1.67 bits per heavy atom. The number of phenolic OH excluding ortho intramolecular Hbond substituents is 1. The highest BCUT2D eigenvalue weighted by molar-refractivity contribution is 6.03. The lowest BCUT2D eigenvalue weighted by Gasteiger charge is -2.09. The molecule has 0 aliphatic rings. The molecule has 2 rings (SSSR count). The van der Waals surface area contributed by atoms with Gasteiger partial charge in [-0.2, -0.15) is 0 Å². The van der Waals surface area contributed by atoms with E-state index in [4.69, 9.17) is 0 Å². The van der Waals surface area contributed by atoms with Crippen LogP contribution in [0.3, 0.4) is 0 Å². The Bertz CT molecular complexity index is 725. The summed E-state index contributed by atoms with van der Waals surface area (Å²) in [6.07, 6.45) is -0.315. The van der Waals surface area contributed by atoms with E-state index in [1.807, 2.05) is 18.2 Å². The third-order valence-electron chi connectivity index (χ3n) is 2.83. The maximum Gasteiger partial charge on any atom is 0.273 e. The summed E-state index contributed by atoms with van der Waals surface area (Å²) in [5, 5.41) is 11.4. The number of hydrogen-bond acceptors (Lipinski definition) is 4. The standard InChI is InChI=1S/C15H14N2O4/c1-9(18)6-14(20)16-17-15(21)12-7-10-4-2-3-5-11(10)8-13(12)19/h2-5,7-8,19H,6H2,1H3,(H,16,20)(H,17,21). The molecule has 0 atom stereocenters. The van der Waals surface area contributed by atoms with Crippen molar-refractivity contribution < 1.29 is 19.5 Å². The Hall–Kier alpha value is -2.89. The number of amides is 2. The molecule has 0 saturated carbocycles. The molecule has 3 N–H and O–H groups in total. The first kappa shape index (κ1) is 14.5. The molecule has 6 nitrogen and oxygen atoms in total. The number of rotatable bonds is 3. The van der Waals surface area contributed by atoms with Gasteiger partial charge in [-0.3, -0.25) is 25.2 Å². The molecule has 108 valence electrons. The van der Waals surface area contributed by atoms with Gasteiger partial charge in [-0.05, 0) is 29.8 Å². The summed E-state index contributed by atoms with van der Waals surface area (Å²) in [6.45, 7) is 1.27. The molecule has 0 spiro atoms. The second-order valence-corrected chi connectivity index (χ2v) is 4.60. The molecule has 0 bridgehead atoms. The fourth-order valence-corrected chi connectivity index (χ4v) is 1.87. The molecule has 0 heterocycles. The van der Waals surface area contributed by atoms with E-state index in [2.05, 4.69) is 10.9 Å². The molecule has 0 aliphatic heterocycles. The second-order valence-electron chi connectivity index (χ2n) is 4.60. The third-order valence-corrected chi connectivity index (χ3v) is 2.83. The summed E-state index contributed by atoms with van der Waals surface area (Å²) in [6, 6.07) is 10.3. The summed E-state index contributed by atoms with van der Waals surface area (Å²) >= 11 is 0. The van der Waals surface area contributed by atoms with Gasteiger partial charge in [-0.15, -0.1) is 0 Å². The largest absolute Gasteiger partial charge is 0.507 e. The summed E-state index contributed by atoms with van der Waals surface area (Å²) in [7, 11) is 0. The van der Waals surface area contributed by atoms with Crippen LogP contribution in [0.4, 0.5) is 0 Å². The van der Waals surface area contributed by atoms with E-state index in [9.17, 15) is 19.5 Å². The zero-order valence-corrected chi connectivity index (χ0v) is 11.3. The molecule has 0 aromatic heterocycles. The number of carbonyl (C=O) groups is 3. The molecule has 0 unspecified atom stereocenters. The van der Waals surface area contributed by atoms with Crippen molar-refractivity contribution in [2.24, 2.45) is 0 Å². The fourth-order valence-electron chi connectivity index (χ4n) is 1.87. The molecule has 0 saturated heterocycles. The smallest absolute Gasteiger partial charge is 0.273 e. The van der Waals surface area contributed by atoms with Gasteiger partial charge < -0.3 is 5.11 Å². The first-order valence-electron chi connectivity index (χ1n) is 6.28. The molecule has 2 aromatic carbocycles. The van der Waals surface area contributed by atoms with Crippen molar-refractivity contribution in [3.05, 3.63) is 42.0 Å². The van der Waals surface area contributed by atoms with E-state index in [0.29, 0.717) is 0 Å². The number of aromatic hydroxyl groups is 1. The van der Waals surface area contributed by atoms with Crippen LogP contribution in [0.25, 0.3) is 10.8 Å². The molecule has 0 fully saturated rings. The van der Waals surface area contributed by atoms with Crippen LogP contribution in [0, 0.1) is 0 Å². The number of ketones is 1. The minimum absolute atomic E-state index is 0.0387. The van der Waals surface area contributed by atoms with Crippen molar-refractivity contribution in [1.29, 1.82) is 0 Å². The van der Waals surface area contributed by atoms with Crippen molar-refractivity contribution in [2.75, 3.05) is 0 Å². The lowest BCUT2D eigenvalue weighted by atomic mass is 10.1. The van der Waals surface area contributed by atoms with E-state index >= 15 is 0 Å². The highest BCUT2D eigenvalue weighted by Gasteiger charge is 2.13. The Morgan fingerprint density at radius 3 is 2.29 bits per heavy atom. The van der Waals surface area contributed by atoms with Gasteiger partial charge in [0.25, 0.3) is 5.91 Å². The van der Waals surface area contributed by atoms with Crippen molar-refractivity contribution in [3.8, 4) is 5.75 Å². The van der Waals surface area contributed by atoms with E-state index in [0.717, 1.165) is 10.8 Å². The maximum atomic E-state index is 11.9. The predicted molar refractivity (Wildman–Crippen MR) is 76.5 cm³/mol. The first-order chi connectivity index (χ1) is 9.97. The van der Waals surface area contributed by atoms with Crippen LogP contribution >= 0.6 is 0 Å². The average molecular weight is 286 g/mol. The first-order valence-corrected chi connectivity index (χ1v) is 6.28. The molecule has 2 amide bonds. The predicted octanol–water partition coefficient (Wildman–Crippen LogP) is 1.29. The van der Waals surface area contributed by atoms with E-state index < -0.39 is 11.8 Å². The number of fused-ring (bicyclic) bond motifs is 1. The maximum absolute atomic E-state index is 11.9. The summed E-state index contributed by atoms with van der Waals surface area (Å²) in [5.74, 6) is -1.77. The summed E-state index contributed by atoms with van der Waals surface area (Å²) in [5.41, 5.74) is 4.31. The van der Waals surface area contributed by atoms with Gasteiger partial charge in [0.2, 0.25) is 5.91 Å². The van der Waals surface area contributed by atoms with Gasteiger partial charge in [0, 0.05) is 0 Å². The molecule has 2 aromatic rings. The highest BCUT2D eigenvalue weighted by Crippen LogP contribution is 2.24. The van der Waals surface area contributed by atoms with Crippen molar-refractivity contribution >= 4 is 28.4 Å². The van der Waals surface area contributed by atoms with Crippen molar-refractivity contribution in [1.82, 2.24) is 10.9 Å². The van der Waals surface area contributed by atoms with Crippen LogP contribution in [-0.4, -0.2) is 22.7 Å². The second kappa shape index (κ2) is 6.04. The highest BCUT2D eigenvalue weighted by atomic mass is 16.3. The van der Waals surface area contributed by atoms with Gasteiger partial charge in [0.05, 0.1) is 12.0 Å². The van der Waals surface area contributed by atoms with Gasteiger partial charge >= 0.3 is 0 Å². The number of carbonyl (C=O) groups excluding carboxylic acids is 3. The molecule has 0 aliphatic carbocycles. The van der Waals surface area contributed by atoms with Gasteiger partial charge in [-0.25, -0.2) is 0 Å². The van der Waals surface area contributed by atoms with Gasteiger partial charge in [0.15, 0.2) is 0 Å². The quantitative estimate of drug-likeness (QED) is 0.585. The molecular weight excluding hydrogens is 272 g/mol. The molecular formula is C15H14N2O4.